The van der Waals surface area contributed by atoms with Gasteiger partial charge in [0.05, 0.1) is 23.8 Å². The molecular weight excluding hydrogens is 228 g/mol. The zero-order valence-corrected chi connectivity index (χ0v) is 9.74. The summed E-state index contributed by atoms with van der Waals surface area (Å²) >= 11 is 0. The van der Waals surface area contributed by atoms with Crippen LogP contribution < -0.4 is 0 Å². The molecule has 1 heterocycles. The minimum Gasteiger partial charge on any atom is -0.280 e. The Morgan fingerprint density at radius 1 is 1.22 bits per heavy atom. The highest BCUT2D eigenvalue weighted by Crippen LogP contribution is 2.47. The summed E-state index contributed by atoms with van der Waals surface area (Å²) in [4.78, 5) is 24.9. The van der Waals surface area contributed by atoms with Crippen molar-refractivity contribution in [1.29, 1.82) is 5.26 Å². The van der Waals surface area contributed by atoms with Crippen LogP contribution in [0.15, 0.2) is 30.3 Å². The summed E-state index contributed by atoms with van der Waals surface area (Å²) in [5.74, 6) is -0.806. The highest BCUT2D eigenvalue weighted by Gasteiger charge is 2.58. The number of carbonyl (C=O) groups excluding carboxylic acids is 2. The van der Waals surface area contributed by atoms with Gasteiger partial charge in [0.25, 0.3) is 0 Å². The maximum atomic E-state index is 11.8. The summed E-state index contributed by atoms with van der Waals surface area (Å²) in [5.41, 5.74) is 0.848. The average Bonchev–Trinajstić information content (AvgIpc) is 3.16. The Hall–Kier alpha value is -2.15. The fourth-order valence-corrected chi connectivity index (χ4v) is 2.52. The predicted octanol–water partition coefficient (Wildman–Crippen LogP) is 1.30. The van der Waals surface area contributed by atoms with Crippen LogP contribution in [0.5, 0.6) is 0 Å². The fraction of sp³-hybridized carbons (Fsp3) is 0.357. The van der Waals surface area contributed by atoms with Crippen molar-refractivity contribution in [2.45, 2.75) is 12.3 Å². The van der Waals surface area contributed by atoms with E-state index in [4.69, 9.17) is 0 Å². The SMILES string of the molecule is N#CC(CN1C(=O)C2CC2C1=O)c1ccccc1. The molecule has 0 N–H and O–H groups in total. The van der Waals surface area contributed by atoms with Gasteiger partial charge in [-0.2, -0.15) is 5.26 Å². The van der Waals surface area contributed by atoms with Gasteiger partial charge in [-0.15, -0.1) is 0 Å². The van der Waals surface area contributed by atoms with E-state index in [1.807, 2.05) is 30.3 Å². The standard InChI is InChI=1S/C14H12N2O2/c15-7-10(9-4-2-1-3-5-9)8-16-13(17)11-6-12(11)14(16)18/h1-5,10-12H,6,8H2. The van der Waals surface area contributed by atoms with Gasteiger partial charge in [0.2, 0.25) is 11.8 Å². The van der Waals surface area contributed by atoms with E-state index in [1.165, 1.54) is 4.90 Å². The molecule has 1 saturated carbocycles. The third-order valence-corrected chi connectivity index (χ3v) is 3.68. The van der Waals surface area contributed by atoms with E-state index >= 15 is 0 Å². The summed E-state index contributed by atoms with van der Waals surface area (Å²) in [6.07, 6.45) is 0.705. The summed E-state index contributed by atoms with van der Waals surface area (Å²) in [7, 11) is 0. The summed E-state index contributed by atoms with van der Waals surface area (Å²) in [5, 5.41) is 9.19. The summed E-state index contributed by atoms with van der Waals surface area (Å²) < 4.78 is 0. The smallest absolute Gasteiger partial charge is 0.233 e. The van der Waals surface area contributed by atoms with Gasteiger partial charge in [-0.05, 0) is 12.0 Å². The number of imide groups is 1. The largest absolute Gasteiger partial charge is 0.280 e. The first kappa shape index (κ1) is 11.0. The molecule has 1 aromatic carbocycles. The second-order valence-electron chi connectivity index (χ2n) is 4.83. The fourth-order valence-electron chi connectivity index (χ4n) is 2.52. The molecule has 0 radical (unpaired) electrons. The first-order valence-electron chi connectivity index (χ1n) is 6.02. The predicted molar refractivity (Wildman–Crippen MR) is 63.1 cm³/mol. The Labute approximate surface area is 105 Å². The van der Waals surface area contributed by atoms with E-state index in [9.17, 15) is 14.9 Å². The van der Waals surface area contributed by atoms with Gasteiger partial charge in [-0.3, -0.25) is 14.5 Å². The maximum absolute atomic E-state index is 11.8. The third kappa shape index (κ3) is 1.60. The molecule has 90 valence electrons. The van der Waals surface area contributed by atoms with E-state index in [-0.39, 0.29) is 30.2 Å². The van der Waals surface area contributed by atoms with Crippen molar-refractivity contribution in [3.63, 3.8) is 0 Å². The van der Waals surface area contributed by atoms with Crippen LogP contribution in [0.3, 0.4) is 0 Å². The van der Waals surface area contributed by atoms with Gasteiger partial charge in [0.1, 0.15) is 0 Å². The highest BCUT2D eigenvalue weighted by atomic mass is 16.2. The zero-order chi connectivity index (χ0) is 12.7. The van der Waals surface area contributed by atoms with Gasteiger partial charge < -0.3 is 0 Å². The number of fused-ring (bicyclic) bond motifs is 1. The van der Waals surface area contributed by atoms with E-state index in [0.717, 1.165) is 5.56 Å². The number of carbonyl (C=O) groups is 2. The quantitative estimate of drug-likeness (QED) is 0.748. The molecule has 0 aromatic heterocycles. The summed E-state index contributed by atoms with van der Waals surface area (Å²) in [6, 6.07) is 11.4. The number of piperidine rings is 1. The topological polar surface area (TPSA) is 61.2 Å². The number of nitrogens with zero attached hydrogens (tertiary/aromatic N) is 2. The molecule has 3 rings (SSSR count). The van der Waals surface area contributed by atoms with Crippen molar-refractivity contribution < 1.29 is 9.59 Å². The van der Waals surface area contributed by atoms with Crippen molar-refractivity contribution in [2.75, 3.05) is 6.54 Å². The first-order valence-corrected chi connectivity index (χ1v) is 6.02. The molecule has 1 aliphatic carbocycles. The molecule has 2 amide bonds. The molecule has 1 saturated heterocycles. The van der Waals surface area contributed by atoms with Crippen molar-refractivity contribution in [3.05, 3.63) is 35.9 Å². The lowest BCUT2D eigenvalue weighted by Crippen LogP contribution is -2.36. The molecule has 1 aliphatic heterocycles. The number of hydrogen-bond donors (Lipinski definition) is 0. The molecule has 1 aromatic rings. The maximum Gasteiger partial charge on any atom is 0.233 e. The minimum absolute atomic E-state index is 0.0902. The molecule has 3 unspecified atom stereocenters. The van der Waals surface area contributed by atoms with Crippen molar-refractivity contribution in [3.8, 4) is 6.07 Å². The Balaban J connectivity index is 1.78. The van der Waals surface area contributed by atoms with E-state index in [1.54, 1.807) is 0 Å². The third-order valence-electron chi connectivity index (χ3n) is 3.68. The highest BCUT2D eigenvalue weighted by molar-refractivity contribution is 6.08. The van der Waals surface area contributed by atoms with Crippen LogP contribution >= 0.6 is 0 Å². The molecule has 4 heteroatoms. The lowest BCUT2D eigenvalue weighted by atomic mass is 10.00. The van der Waals surface area contributed by atoms with Crippen LogP contribution in [-0.2, 0) is 9.59 Å². The Morgan fingerprint density at radius 3 is 2.39 bits per heavy atom. The molecule has 2 aliphatic rings. The van der Waals surface area contributed by atoms with Crippen LogP contribution in [0.2, 0.25) is 0 Å². The van der Waals surface area contributed by atoms with Crippen molar-refractivity contribution in [1.82, 2.24) is 4.90 Å². The second kappa shape index (κ2) is 3.95. The van der Waals surface area contributed by atoms with Gasteiger partial charge >= 0.3 is 0 Å². The number of likely N-dealkylation sites (tertiary alicyclic amines) is 1. The zero-order valence-electron chi connectivity index (χ0n) is 9.74. The van der Waals surface area contributed by atoms with Crippen molar-refractivity contribution >= 4 is 11.8 Å². The van der Waals surface area contributed by atoms with Gasteiger partial charge in [-0.25, -0.2) is 0 Å². The monoisotopic (exact) mass is 240 g/mol. The molecular formula is C14H12N2O2. The first-order chi connectivity index (χ1) is 8.72. The number of rotatable bonds is 3. The van der Waals surface area contributed by atoms with Crippen LogP contribution in [-0.4, -0.2) is 23.3 Å². The molecule has 3 atom stereocenters. The van der Waals surface area contributed by atoms with E-state index in [0.29, 0.717) is 6.42 Å². The summed E-state index contributed by atoms with van der Waals surface area (Å²) in [6.45, 7) is 0.186. The normalized spacial score (nSPS) is 26.7. The average molecular weight is 240 g/mol. The minimum atomic E-state index is -0.434. The molecule has 0 spiro atoms. The Morgan fingerprint density at radius 2 is 1.83 bits per heavy atom. The van der Waals surface area contributed by atoms with Crippen LogP contribution in [0.25, 0.3) is 0 Å². The molecule has 4 nitrogen and oxygen atoms in total. The Bertz CT molecular complexity index is 527. The Kier molecular flexibility index (Phi) is 2.41. The molecule has 0 bridgehead atoms. The number of hydrogen-bond acceptors (Lipinski definition) is 3. The number of benzene rings is 1. The van der Waals surface area contributed by atoms with Crippen molar-refractivity contribution in [2.24, 2.45) is 11.8 Å². The van der Waals surface area contributed by atoms with Gasteiger partial charge in [0.15, 0.2) is 0 Å². The lowest BCUT2D eigenvalue weighted by molar-refractivity contribution is -0.141. The number of nitriles is 1. The molecule has 18 heavy (non-hydrogen) atoms. The molecule has 2 fully saturated rings. The van der Waals surface area contributed by atoms with E-state index in [2.05, 4.69) is 6.07 Å². The van der Waals surface area contributed by atoms with Gasteiger partial charge in [0, 0.05) is 6.54 Å². The van der Waals surface area contributed by atoms with E-state index < -0.39 is 5.92 Å². The van der Waals surface area contributed by atoms with Crippen LogP contribution in [0, 0.1) is 23.2 Å². The lowest BCUT2D eigenvalue weighted by Gasteiger charge is -2.19. The van der Waals surface area contributed by atoms with Gasteiger partial charge in [-0.1, -0.05) is 30.3 Å². The second-order valence-corrected chi connectivity index (χ2v) is 4.83. The van der Waals surface area contributed by atoms with Crippen LogP contribution in [0.1, 0.15) is 17.9 Å². The number of amides is 2. The van der Waals surface area contributed by atoms with Crippen LogP contribution in [0.4, 0.5) is 0 Å².